The van der Waals surface area contributed by atoms with Crippen LogP contribution >= 0.6 is 0 Å². The van der Waals surface area contributed by atoms with E-state index in [0.717, 1.165) is 16.7 Å². The molecule has 0 saturated carbocycles. The van der Waals surface area contributed by atoms with E-state index < -0.39 is 0 Å². The van der Waals surface area contributed by atoms with Gasteiger partial charge >= 0.3 is 0 Å². The molecule has 2 aromatic rings. The first kappa shape index (κ1) is 14.5. The van der Waals surface area contributed by atoms with Gasteiger partial charge in [-0.2, -0.15) is 4.98 Å². The average Bonchev–Trinajstić information content (AvgIpc) is 2.43. The predicted molar refractivity (Wildman–Crippen MR) is 84.7 cm³/mol. The van der Waals surface area contributed by atoms with E-state index >= 15 is 0 Å². The van der Waals surface area contributed by atoms with Gasteiger partial charge in [-0.1, -0.05) is 32.9 Å². The molecule has 0 bridgehead atoms. The lowest BCUT2D eigenvalue weighted by atomic mass is 9.87. The van der Waals surface area contributed by atoms with Crippen LogP contribution in [0.2, 0.25) is 0 Å². The number of nitrogens with two attached hydrogens (primary N) is 1. The van der Waals surface area contributed by atoms with Crippen LogP contribution in [-0.4, -0.2) is 23.1 Å². The highest BCUT2D eigenvalue weighted by Crippen LogP contribution is 2.30. The van der Waals surface area contributed by atoms with E-state index in [9.17, 15) is 0 Å². The molecule has 2 rings (SSSR count). The Kier molecular flexibility index (Phi) is 3.81. The Morgan fingerprint density at radius 3 is 2.45 bits per heavy atom. The zero-order valence-electron chi connectivity index (χ0n) is 12.8. The number of anilines is 2. The average molecular weight is 273 g/mol. The van der Waals surface area contributed by atoms with Crippen molar-refractivity contribution in [1.29, 1.82) is 0 Å². The van der Waals surface area contributed by atoms with E-state index in [2.05, 4.69) is 55.0 Å². The minimum Gasteiger partial charge on any atom is -0.356 e. The summed E-state index contributed by atoms with van der Waals surface area (Å²) in [5, 5.41) is 1.03. The first-order valence-corrected chi connectivity index (χ1v) is 6.81. The minimum atomic E-state index is 0.150. The zero-order valence-corrected chi connectivity index (χ0v) is 12.8. The quantitative estimate of drug-likeness (QED) is 0.665. The molecule has 5 nitrogen and oxygen atoms in total. The van der Waals surface area contributed by atoms with Gasteiger partial charge in [-0.25, -0.2) is 10.8 Å². The molecule has 0 aliphatic rings. The maximum Gasteiger partial charge on any atom is 0.239 e. The van der Waals surface area contributed by atoms with Gasteiger partial charge in [0.1, 0.15) is 5.82 Å². The van der Waals surface area contributed by atoms with Crippen molar-refractivity contribution in [3.63, 3.8) is 0 Å². The number of para-hydroxylation sites is 1. The number of aromatic nitrogens is 2. The second kappa shape index (κ2) is 5.25. The van der Waals surface area contributed by atoms with Gasteiger partial charge in [0.05, 0.1) is 5.52 Å². The van der Waals surface area contributed by atoms with Crippen molar-refractivity contribution in [3.05, 3.63) is 24.3 Å². The Bertz CT molecular complexity index is 603. The van der Waals surface area contributed by atoms with Crippen molar-refractivity contribution < 1.29 is 0 Å². The molecule has 0 aliphatic carbocycles. The lowest BCUT2D eigenvalue weighted by molar-refractivity contribution is 0.329. The Labute approximate surface area is 120 Å². The molecule has 3 N–H and O–H groups in total. The molecule has 1 aromatic heterocycles. The highest BCUT2D eigenvalue weighted by atomic mass is 15.3. The van der Waals surface area contributed by atoms with E-state index in [1.807, 2.05) is 24.3 Å². The van der Waals surface area contributed by atoms with Gasteiger partial charge in [0.25, 0.3) is 0 Å². The first-order chi connectivity index (χ1) is 9.34. The number of hydrazine groups is 1. The number of nitrogen functional groups attached to an aromatic ring is 1. The van der Waals surface area contributed by atoms with Gasteiger partial charge in [0, 0.05) is 18.5 Å². The van der Waals surface area contributed by atoms with Gasteiger partial charge < -0.3 is 4.90 Å². The Morgan fingerprint density at radius 2 is 1.85 bits per heavy atom. The number of rotatable bonds is 3. The van der Waals surface area contributed by atoms with Crippen molar-refractivity contribution in [1.82, 2.24) is 9.97 Å². The molecule has 0 radical (unpaired) electrons. The number of benzene rings is 1. The summed E-state index contributed by atoms with van der Waals surface area (Å²) in [5.74, 6) is 6.81. The molecule has 1 heterocycles. The summed E-state index contributed by atoms with van der Waals surface area (Å²) in [7, 11) is 2.06. The maximum absolute atomic E-state index is 5.48. The zero-order chi connectivity index (χ0) is 14.9. The van der Waals surface area contributed by atoms with Crippen LogP contribution in [0.5, 0.6) is 0 Å². The standard InChI is InChI=1S/C15H23N5/c1-10(15(2,3)4)20(5)13-11-8-6-7-9-12(11)17-14(18-13)19-16/h6-10H,16H2,1-5H3,(H,17,18,19). The van der Waals surface area contributed by atoms with Crippen LogP contribution in [0.1, 0.15) is 27.7 Å². The van der Waals surface area contributed by atoms with Crippen molar-refractivity contribution in [2.24, 2.45) is 11.3 Å². The predicted octanol–water partition coefficient (Wildman–Crippen LogP) is 2.79. The lowest BCUT2D eigenvalue weighted by Crippen LogP contribution is -2.40. The minimum absolute atomic E-state index is 0.150. The first-order valence-electron chi connectivity index (χ1n) is 6.81. The van der Waals surface area contributed by atoms with Crippen molar-refractivity contribution in [3.8, 4) is 0 Å². The largest absolute Gasteiger partial charge is 0.356 e. The molecule has 1 atom stereocenters. The fourth-order valence-electron chi connectivity index (χ4n) is 2.16. The SMILES string of the molecule is CC(N(C)c1nc(NN)nc2ccccc12)C(C)(C)C. The highest BCUT2D eigenvalue weighted by molar-refractivity contribution is 5.90. The molecule has 0 aliphatic heterocycles. The van der Waals surface area contributed by atoms with E-state index in [1.165, 1.54) is 0 Å². The molecule has 1 aromatic carbocycles. The van der Waals surface area contributed by atoms with Crippen LogP contribution in [0.25, 0.3) is 10.9 Å². The topological polar surface area (TPSA) is 67.1 Å². The van der Waals surface area contributed by atoms with E-state index in [-0.39, 0.29) is 5.41 Å². The van der Waals surface area contributed by atoms with Gasteiger partial charge in [0.15, 0.2) is 0 Å². The lowest BCUT2D eigenvalue weighted by Gasteiger charge is -2.36. The molecular weight excluding hydrogens is 250 g/mol. The molecule has 5 heteroatoms. The van der Waals surface area contributed by atoms with E-state index in [1.54, 1.807) is 0 Å². The van der Waals surface area contributed by atoms with E-state index in [0.29, 0.717) is 12.0 Å². The smallest absolute Gasteiger partial charge is 0.239 e. The summed E-state index contributed by atoms with van der Waals surface area (Å²) in [4.78, 5) is 11.1. The van der Waals surface area contributed by atoms with Gasteiger partial charge in [0.2, 0.25) is 5.95 Å². The Balaban J connectivity index is 2.57. The third-order valence-corrected chi connectivity index (χ3v) is 3.88. The van der Waals surface area contributed by atoms with Crippen LogP contribution in [0, 0.1) is 5.41 Å². The second-order valence-corrected chi connectivity index (χ2v) is 6.19. The van der Waals surface area contributed by atoms with E-state index in [4.69, 9.17) is 5.84 Å². The normalized spacial score (nSPS) is 13.3. The fourth-order valence-corrected chi connectivity index (χ4v) is 2.16. The summed E-state index contributed by atoms with van der Waals surface area (Å²) in [6, 6.07) is 8.30. The summed E-state index contributed by atoms with van der Waals surface area (Å²) >= 11 is 0. The number of nitrogens with one attached hydrogen (secondary N) is 1. The highest BCUT2D eigenvalue weighted by Gasteiger charge is 2.26. The van der Waals surface area contributed by atoms with Gasteiger partial charge in [-0.3, -0.25) is 5.43 Å². The Morgan fingerprint density at radius 1 is 1.20 bits per heavy atom. The Hall–Kier alpha value is -1.88. The summed E-state index contributed by atoms with van der Waals surface area (Å²) in [6.45, 7) is 8.87. The van der Waals surface area contributed by atoms with Crippen LogP contribution in [0.15, 0.2) is 24.3 Å². The molecule has 108 valence electrons. The summed E-state index contributed by atoms with van der Waals surface area (Å²) < 4.78 is 0. The van der Waals surface area contributed by atoms with Crippen molar-refractivity contribution in [2.45, 2.75) is 33.7 Å². The second-order valence-electron chi connectivity index (χ2n) is 6.19. The summed E-state index contributed by atoms with van der Waals surface area (Å²) in [5.41, 5.74) is 3.58. The van der Waals surface area contributed by atoms with Crippen molar-refractivity contribution >= 4 is 22.7 Å². The third kappa shape index (κ3) is 2.67. The molecule has 1 unspecified atom stereocenters. The molecule has 0 spiro atoms. The monoisotopic (exact) mass is 273 g/mol. The third-order valence-electron chi connectivity index (χ3n) is 3.88. The molecular formula is C15H23N5. The number of nitrogens with zero attached hydrogens (tertiary/aromatic N) is 3. The van der Waals surface area contributed by atoms with Crippen molar-refractivity contribution in [2.75, 3.05) is 17.4 Å². The molecule has 20 heavy (non-hydrogen) atoms. The van der Waals surface area contributed by atoms with Gasteiger partial charge in [-0.15, -0.1) is 0 Å². The van der Waals surface area contributed by atoms with Crippen LogP contribution < -0.4 is 16.2 Å². The number of fused-ring (bicyclic) bond motifs is 1. The van der Waals surface area contributed by atoms with Crippen LogP contribution in [0.4, 0.5) is 11.8 Å². The number of hydrogen-bond acceptors (Lipinski definition) is 5. The summed E-state index contributed by atoms with van der Waals surface area (Å²) in [6.07, 6.45) is 0. The molecule has 0 saturated heterocycles. The molecule has 0 fully saturated rings. The fraction of sp³-hybridized carbons (Fsp3) is 0.467. The molecule has 0 amide bonds. The maximum atomic E-state index is 5.48. The number of hydrogen-bond donors (Lipinski definition) is 2. The van der Waals surface area contributed by atoms with Crippen LogP contribution in [-0.2, 0) is 0 Å². The van der Waals surface area contributed by atoms with Gasteiger partial charge in [-0.05, 0) is 24.5 Å². The van der Waals surface area contributed by atoms with Crippen LogP contribution in [0.3, 0.4) is 0 Å².